The minimum absolute atomic E-state index is 0.0385. The molecule has 1 saturated heterocycles. The molecule has 5 nitrogen and oxygen atoms in total. The number of benzene rings is 1. The highest BCUT2D eigenvalue weighted by Crippen LogP contribution is 2.21. The predicted molar refractivity (Wildman–Crippen MR) is 107 cm³/mol. The summed E-state index contributed by atoms with van der Waals surface area (Å²) < 4.78 is 0. The predicted octanol–water partition coefficient (Wildman–Crippen LogP) is 3.10. The molecule has 1 aromatic heterocycles. The molecule has 2 amide bonds. The van der Waals surface area contributed by atoms with E-state index in [2.05, 4.69) is 16.0 Å². The van der Waals surface area contributed by atoms with Crippen LogP contribution < -0.4 is 16.0 Å². The molecule has 1 aliphatic heterocycles. The molecule has 3 rings (SSSR count). The summed E-state index contributed by atoms with van der Waals surface area (Å²) in [5.74, 6) is 0.628. The normalized spacial score (nSPS) is 19.8. The zero-order valence-corrected chi connectivity index (χ0v) is 16.4. The van der Waals surface area contributed by atoms with Crippen molar-refractivity contribution in [3.05, 3.63) is 57.2 Å². The van der Waals surface area contributed by atoms with Crippen molar-refractivity contribution in [3.8, 4) is 0 Å². The lowest BCUT2D eigenvalue weighted by Crippen LogP contribution is -2.55. The fourth-order valence-corrected chi connectivity index (χ4v) is 4.57. The summed E-state index contributed by atoms with van der Waals surface area (Å²) >= 11 is 9.18. The van der Waals surface area contributed by atoms with Gasteiger partial charge in [0.2, 0.25) is 11.8 Å². The Kier molecular flexibility index (Phi) is 6.96. The Labute approximate surface area is 165 Å². The molecule has 2 aromatic rings. The van der Waals surface area contributed by atoms with E-state index in [-0.39, 0.29) is 29.8 Å². The second-order valence-corrected chi connectivity index (χ2v) is 8.58. The van der Waals surface area contributed by atoms with Crippen LogP contribution in [0.2, 0.25) is 5.02 Å². The Morgan fingerprint density at radius 3 is 3.00 bits per heavy atom. The molecule has 0 bridgehead atoms. The van der Waals surface area contributed by atoms with Gasteiger partial charge in [0.15, 0.2) is 0 Å². The van der Waals surface area contributed by atoms with Gasteiger partial charge in [-0.15, -0.1) is 23.1 Å². The number of thioether (sulfide) groups is 1. The lowest BCUT2D eigenvalue weighted by molar-refractivity contribution is -0.125. The number of halogens is 1. The molecule has 3 N–H and O–H groups in total. The van der Waals surface area contributed by atoms with Gasteiger partial charge in [-0.05, 0) is 29.1 Å². The van der Waals surface area contributed by atoms with E-state index >= 15 is 0 Å². The molecule has 138 valence electrons. The number of rotatable bonds is 7. The van der Waals surface area contributed by atoms with Crippen molar-refractivity contribution in [3.63, 3.8) is 0 Å². The number of carbonyl (C=O) groups excluding carboxylic acids is 2. The van der Waals surface area contributed by atoms with Gasteiger partial charge in [0, 0.05) is 34.5 Å². The maximum absolute atomic E-state index is 12.1. The van der Waals surface area contributed by atoms with Crippen molar-refractivity contribution in [2.75, 3.05) is 0 Å². The van der Waals surface area contributed by atoms with Gasteiger partial charge in [0.1, 0.15) is 5.50 Å². The summed E-state index contributed by atoms with van der Waals surface area (Å²) in [5.41, 5.74) is 0.875. The van der Waals surface area contributed by atoms with E-state index in [1.165, 1.54) is 0 Å². The smallest absolute Gasteiger partial charge is 0.223 e. The van der Waals surface area contributed by atoms with Crippen LogP contribution in [0.15, 0.2) is 41.8 Å². The highest BCUT2D eigenvalue weighted by Gasteiger charge is 2.27. The highest BCUT2D eigenvalue weighted by atomic mass is 35.5. The fourth-order valence-electron chi connectivity index (χ4n) is 2.67. The zero-order valence-electron chi connectivity index (χ0n) is 14.0. The van der Waals surface area contributed by atoms with Crippen LogP contribution in [0.1, 0.15) is 23.3 Å². The number of carbonyl (C=O) groups is 2. The first-order valence-corrected chi connectivity index (χ1v) is 10.6. The van der Waals surface area contributed by atoms with Crippen LogP contribution in [0.5, 0.6) is 0 Å². The van der Waals surface area contributed by atoms with E-state index in [1.807, 2.05) is 41.8 Å². The third kappa shape index (κ3) is 6.02. The molecular formula is C18H20ClN3O2S2. The van der Waals surface area contributed by atoms with E-state index in [4.69, 9.17) is 11.6 Å². The number of thiophene rings is 1. The average molecular weight is 410 g/mol. The molecule has 0 aliphatic carbocycles. The van der Waals surface area contributed by atoms with Gasteiger partial charge < -0.3 is 10.6 Å². The van der Waals surface area contributed by atoms with E-state index in [9.17, 15) is 9.59 Å². The number of hydrogen-bond donors (Lipinski definition) is 3. The van der Waals surface area contributed by atoms with Gasteiger partial charge in [-0.25, -0.2) is 0 Å². The number of nitrogens with one attached hydrogen (secondary N) is 3. The summed E-state index contributed by atoms with van der Waals surface area (Å²) in [6.07, 6.45) is 0.591. The van der Waals surface area contributed by atoms with Gasteiger partial charge in [0.25, 0.3) is 0 Å². The van der Waals surface area contributed by atoms with Crippen molar-refractivity contribution < 1.29 is 9.59 Å². The Bertz CT molecular complexity index is 755. The van der Waals surface area contributed by atoms with Crippen LogP contribution in [0, 0.1) is 0 Å². The molecule has 0 spiro atoms. The average Bonchev–Trinajstić information content (AvgIpc) is 3.11. The fraction of sp³-hybridized carbons (Fsp3) is 0.333. The minimum Gasteiger partial charge on any atom is -0.351 e. The first-order valence-electron chi connectivity index (χ1n) is 8.29. The zero-order chi connectivity index (χ0) is 18.4. The van der Waals surface area contributed by atoms with Gasteiger partial charge in [-0.1, -0.05) is 29.8 Å². The van der Waals surface area contributed by atoms with Crippen molar-refractivity contribution in [1.29, 1.82) is 0 Å². The molecule has 2 atom stereocenters. The summed E-state index contributed by atoms with van der Waals surface area (Å²) in [4.78, 5) is 25.2. The van der Waals surface area contributed by atoms with E-state index in [0.29, 0.717) is 18.0 Å². The molecule has 1 fully saturated rings. The largest absolute Gasteiger partial charge is 0.351 e. The maximum Gasteiger partial charge on any atom is 0.223 e. The molecular weight excluding hydrogens is 390 g/mol. The van der Waals surface area contributed by atoms with Crippen LogP contribution in [-0.4, -0.2) is 23.4 Å². The van der Waals surface area contributed by atoms with Gasteiger partial charge >= 0.3 is 0 Å². The monoisotopic (exact) mass is 409 g/mol. The summed E-state index contributed by atoms with van der Waals surface area (Å²) in [6.45, 7) is 0.530. The van der Waals surface area contributed by atoms with Crippen LogP contribution in [-0.2, 0) is 21.9 Å². The lowest BCUT2D eigenvalue weighted by atomic mass is 10.1. The van der Waals surface area contributed by atoms with E-state index in [0.717, 1.165) is 16.2 Å². The van der Waals surface area contributed by atoms with E-state index in [1.54, 1.807) is 23.1 Å². The first kappa shape index (κ1) is 19.2. The third-order valence-electron chi connectivity index (χ3n) is 3.89. The molecule has 0 saturated carbocycles. The summed E-state index contributed by atoms with van der Waals surface area (Å²) in [7, 11) is 0. The van der Waals surface area contributed by atoms with Gasteiger partial charge in [-0.3, -0.25) is 14.9 Å². The second kappa shape index (κ2) is 9.41. The van der Waals surface area contributed by atoms with Crippen LogP contribution in [0.25, 0.3) is 0 Å². The highest BCUT2D eigenvalue weighted by molar-refractivity contribution is 7.99. The van der Waals surface area contributed by atoms with Crippen molar-refractivity contribution >= 4 is 46.5 Å². The van der Waals surface area contributed by atoms with Gasteiger partial charge in [0.05, 0.1) is 6.54 Å². The molecule has 0 radical (unpaired) electrons. The van der Waals surface area contributed by atoms with Crippen LogP contribution in [0.3, 0.4) is 0 Å². The first-order chi connectivity index (χ1) is 12.6. The minimum atomic E-state index is -0.217. The summed E-state index contributed by atoms with van der Waals surface area (Å²) in [5, 5.41) is 11.8. The molecule has 1 aromatic carbocycles. The molecule has 26 heavy (non-hydrogen) atoms. The summed E-state index contributed by atoms with van der Waals surface area (Å²) in [6, 6.07) is 11.4. The SMILES string of the molecule is O=C(CC1CC(=O)NC(SCc2cccc(Cl)c2)N1)NCc1cccs1. The Morgan fingerprint density at radius 2 is 2.23 bits per heavy atom. The van der Waals surface area contributed by atoms with Crippen molar-refractivity contribution in [2.45, 2.75) is 36.7 Å². The number of amides is 2. The molecule has 1 aliphatic rings. The Hall–Kier alpha value is -1.54. The van der Waals surface area contributed by atoms with Gasteiger partial charge in [-0.2, -0.15) is 0 Å². The van der Waals surface area contributed by atoms with Crippen LogP contribution in [0.4, 0.5) is 0 Å². The van der Waals surface area contributed by atoms with Crippen LogP contribution >= 0.6 is 34.7 Å². The standard InChI is InChI=1S/C18H20ClN3O2S2/c19-13-4-1-3-12(7-13)11-26-18-21-14(9-17(24)22-18)8-16(23)20-10-15-5-2-6-25-15/h1-7,14,18,21H,8-11H2,(H,20,23)(H,22,24). The Balaban J connectivity index is 1.46. The molecule has 2 unspecified atom stereocenters. The topological polar surface area (TPSA) is 70.2 Å². The molecule has 8 heteroatoms. The molecule has 2 heterocycles. The third-order valence-corrected chi connectivity index (χ3v) is 6.09. The maximum atomic E-state index is 12.1. The van der Waals surface area contributed by atoms with Crippen molar-refractivity contribution in [2.24, 2.45) is 0 Å². The van der Waals surface area contributed by atoms with Crippen molar-refractivity contribution in [1.82, 2.24) is 16.0 Å². The quantitative estimate of drug-likeness (QED) is 0.657. The van der Waals surface area contributed by atoms with E-state index < -0.39 is 0 Å². The number of hydrogen-bond acceptors (Lipinski definition) is 5. The Morgan fingerprint density at radius 1 is 1.35 bits per heavy atom. The second-order valence-electron chi connectivity index (χ2n) is 6.02. The lowest BCUT2D eigenvalue weighted by Gasteiger charge is -2.31.